The van der Waals surface area contributed by atoms with E-state index in [4.69, 9.17) is 0 Å². The van der Waals surface area contributed by atoms with Crippen LogP contribution in [0, 0.1) is 10.1 Å². The van der Waals surface area contributed by atoms with Crippen LogP contribution in [0.3, 0.4) is 0 Å². The van der Waals surface area contributed by atoms with Gasteiger partial charge in [-0.15, -0.1) is 0 Å². The van der Waals surface area contributed by atoms with Gasteiger partial charge in [0, 0.05) is 44.6 Å². The van der Waals surface area contributed by atoms with Gasteiger partial charge in [0.05, 0.1) is 10.3 Å². The summed E-state index contributed by atoms with van der Waals surface area (Å²) in [5.41, 5.74) is 0.630. The molecular weight excluding hydrogens is 234 g/mol. The number of hydrogen-bond donors (Lipinski definition) is 3. The van der Waals surface area contributed by atoms with Gasteiger partial charge in [-0.1, -0.05) is 0 Å². The zero-order valence-electron chi connectivity index (χ0n) is 9.85. The third kappa shape index (κ3) is 3.02. The van der Waals surface area contributed by atoms with Crippen molar-refractivity contribution in [3.05, 3.63) is 34.6 Å². The number of rotatable bonds is 1. The van der Waals surface area contributed by atoms with E-state index in [9.17, 15) is 10.1 Å². The van der Waals surface area contributed by atoms with Crippen molar-refractivity contribution in [1.29, 1.82) is 0 Å². The molecule has 2 aromatic rings. The minimum Gasteiger partial charge on any atom is -0.346 e. The summed E-state index contributed by atoms with van der Waals surface area (Å²) in [6, 6.07) is 3.02. The van der Waals surface area contributed by atoms with Crippen LogP contribution in [0.15, 0.2) is 24.5 Å². The van der Waals surface area contributed by atoms with Gasteiger partial charge in [0.15, 0.2) is 0 Å². The molecule has 96 valence electrons. The second-order valence-electron chi connectivity index (χ2n) is 3.83. The minimum atomic E-state index is -0.419. The highest BCUT2D eigenvalue weighted by Crippen LogP contribution is 2.21. The molecule has 3 N–H and O–H groups in total. The van der Waals surface area contributed by atoms with Crippen molar-refractivity contribution in [2.24, 2.45) is 0 Å². The monoisotopic (exact) mass is 249 g/mol. The first kappa shape index (κ1) is 12.5. The van der Waals surface area contributed by atoms with Crippen molar-refractivity contribution in [1.82, 2.24) is 20.6 Å². The van der Waals surface area contributed by atoms with E-state index in [0.717, 1.165) is 26.2 Å². The van der Waals surface area contributed by atoms with Crippen molar-refractivity contribution >= 4 is 16.7 Å². The first-order chi connectivity index (χ1) is 8.79. The Balaban J connectivity index is 0.000000169. The number of piperazine rings is 1. The van der Waals surface area contributed by atoms with E-state index in [2.05, 4.69) is 20.6 Å². The standard InChI is InChI=1S/C7H5N3O2.C4H10N2/c11-10(12)6-2-4-9-7-5(6)1-3-8-7;1-2-6-4-3-5-1/h1-4H,(H,8,9);5-6H,1-4H2. The Morgan fingerprint density at radius 1 is 1.17 bits per heavy atom. The quantitative estimate of drug-likeness (QED) is 0.509. The van der Waals surface area contributed by atoms with Gasteiger partial charge in [-0.3, -0.25) is 10.1 Å². The summed E-state index contributed by atoms with van der Waals surface area (Å²) in [4.78, 5) is 16.8. The first-order valence-electron chi connectivity index (χ1n) is 5.77. The van der Waals surface area contributed by atoms with Crippen LogP contribution in [0.5, 0.6) is 0 Å². The summed E-state index contributed by atoms with van der Waals surface area (Å²) >= 11 is 0. The molecule has 0 aromatic carbocycles. The van der Waals surface area contributed by atoms with Crippen LogP contribution in [0.2, 0.25) is 0 Å². The van der Waals surface area contributed by atoms with Crippen LogP contribution < -0.4 is 10.6 Å². The number of fused-ring (bicyclic) bond motifs is 1. The Bertz CT molecular complexity index is 509. The smallest absolute Gasteiger partial charge is 0.281 e. The maximum Gasteiger partial charge on any atom is 0.281 e. The summed E-state index contributed by atoms with van der Waals surface area (Å²) in [7, 11) is 0. The van der Waals surface area contributed by atoms with Crippen LogP contribution in [0.25, 0.3) is 11.0 Å². The lowest BCUT2D eigenvalue weighted by atomic mass is 10.3. The number of aromatic amines is 1. The van der Waals surface area contributed by atoms with Gasteiger partial charge in [-0.05, 0) is 6.07 Å². The van der Waals surface area contributed by atoms with Gasteiger partial charge in [0.1, 0.15) is 5.65 Å². The van der Waals surface area contributed by atoms with Gasteiger partial charge in [-0.25, -0.2) is 4.98 Å². The third-order valence-electron chi connectivity index (χ3n) is 2.59. The van der Waals surface area contributed by atoms with Gasteiger partial charge < -0.3 is 15.6 Å². The van der Waals surface area contributed by atoms with Gasteiger partial charge >= 0.3 is 0 Å². The number of aromatic nitrogens is 2. The Labute approximate surface area is 104 Å². The lowest BCUT2D eigenvalue weighted by Gasteiger charge is -2.11. The van der Waals surface area contributed by atoms with Gasteiger partial charge in [0.2, 0.25) is 0 Å². The molecule has 0 unspecified atom stereocenters. The Morgan fingerprint density at radius 2 is 1.83 bits per heavy atom. The molecule has 7 nitrogen and oxygen atoms in total. The molecule has 0 aliphatic carbocycles. The number of nitrogens with zero attached hydrogens (tertiary/aromatic N) is 2. The number of pyridine rings is 1. The number of H-pyrrole nitrogens is 1. The van der Waals surface area contributed by atoms with Gasteiger partial charge in [0.25, 0.3) is 5.69 Å². The van der Waals surface area contributed by atoms with E-state index in [1.165, 1.54) is 12.3 Å². The maximum absolute atomic E-state index is 10.5. The van der Waals surface area contributed by atoms with E-state index >= 15 is 0 Å². The zero-order valence-corrected chi connectivity index (χ0v) is 9.85. The van der Waals surface area contributed by atoms with Crippen LogP contribution in [-0.4, -0.2) is 41.1 Å². The fraction of sp³-hybridized carbons (Fsp3) is 0.364. The molecule has 0 radical (unpaired) electrons. The Hall–Kier alpha value is -1.99. The van der Waals surface area contributed by atoms with Crippen molar-refractivity contribution in [2.75, 3.05) is 26.2 Å². The third-order valence-corrected chi connectivity index (χ3v) is 2.59. The summed E-state index contributed by atoms with van der Waals surface area (Å²) in [5, 5.41) is 17.5. The molecule has 7 heteroatoms. The second kappa shape index (κ2) is 6.08. The van der Waals surface area contributed by atoms with Crippen LogP contribution >= 0.6 is 0 Å². The molecule has 1 aliphatic heterocycles. The van der Waals surface area contributed by atoms with Crippen molar-refractivity contribution in [2.45, 2.75) is 0 Å². The summed E-state index contributed by atoms with van der Waals surface area (Å²) < 4.78 is 0. The topological polar surface area (TPSA) is 95.9 Å². The molecule has 0 saturated carbocycles. The molecule has 3 heterocycles. The SMILES string of the molecule is C1CNCCN1.O=[N+]([O-])c1ccnc2[nH]ccc12. The molecule has 0 atom stereocenters. The van der Waals surface area contributed by atoms with E-state index in [1.54, 1.807) is 12.3 Å². The molecule has 18 heavy (non-hydrogen) atoms. The molecular formula is C11H15N5O2. The van der Waals surface area contributed by atoms with E-state index in [-0.39, 0.29) is 5.69 Å². The average molecular weight is 249 g/mol. The zero-order chi connectivity index (χ0) is 12.8. The summed E-state index contributed by atoms with van der Waals surface area (Å²) in [6.07, 6.45) is 3.04. The average Bonchev–Trinajstić information content (AvgIpc) is 2.89. The Kier molecular flexibility index (Phi) is 4.21. The fourth-order valence-corrected chi connectivity index (χ4v) is 1.71. The van der Waals surface area contributed by atoms with Crippen LogP contribution in [0.1, 0.15) is 0 Å². The number of nitro groups is 1. The summed E-state index contributed by atoms with van der Waals surface area (Å²) in [6.45, 7) is 4.56. The molecule has 1 fully saturated rings. The van der Waals surface area contributed by atoms with E-state index < -0.39 is 4.92 Å². The normalized spacial score (nSPS) is 14.9. The molecule has 3 rings (SSSR count). The minimum absolute atomic E-state index is 0.0845. The summed E-state index contributed by atoms with van der Waals surface area (Å²) in [5.74, 6) is 0. The van der Waals surface area contributed by atoms with Crippen LogP contribution in [-0.2, 0) is 0 Å². The molecule has 1 aliphatic rings. The maximum atomic E-state index is 10.5. The fourth-order valence-electron chi connectivity index (χ4n) is 1.71. The highest BCUT2D eigenvalue weighted by molar-refractivity contribution is 5.85. The lowest BCUT2D eigenvalue weighted by Crippen LogP contribution is -2.39. The largest absolute Gasteiger partial charge is 0.346 e. The second-order valence-corrected chi connectivity index (χ2v) is 3.83. The van der Waals surface area contributed by atoms with Crippen LogP contribution in [0.4, 0.5) is 5.69 Å². The number of nitrogens with one attached hydrogen (secondary N) is 3. The predicted octanol–water partition coefficient (Wildman–Crippen LogP) is 0.650. The predicted molar refractivity (Wildman–Crippen MR) is 68.5 cm³/mol. The Morgan fingerprint density at radius 3 is 2.39 bits per heavy atom. The van der Waals surface area contributed by atoms with Crippen molar-refractivity contribution in [3.63, 3.8) is 0 Å². The molecule has 0 bridgehead atoms. The molecule has 0 spiro atoms. The first-order valence-corrected chi connectivity index (χ1v) is 5.77. The highest BCUT2D eigenvalue weighted by atomic mass is 16.6. The van der Waals surface area contributed by atoms with E-state index in [1.807, 2.05) is 0 Å². The molecule has 0 amide bonds. The van der Waals surface area contributed by atoms with E-state index in [0.29, 0.717) is 11.0 Å². The van der Waals surface area contributed by atoms with Crippen molar-refractivity contribution < 1.29 is 4.92 Å². The highest BCUT2D eigenvalue weighted by Gasteiger charge is 2.11. The molecule has 1 saturated heterocycles. The lowest BCUT2D eigenvalue weighted by molar-refractivity contribution is -0.383. The van der Waals surface area contributed by atoms with Crippen molar-refractivity contribution in [3.8, 4) is 0 Å². The molecule has 2 aromatic heterocycles. The number of hydrogen-bond acceptors (Lipinski definition) is 5. The van der Waals surface area contributed by atoms with Gasteiger partial charge in [-0.2, -0.15) is 0 Å².